The van der Waals surface area contributed by atoms with Crippen LogP contribution in [0.4, 0.5) is 4.39 Å². The molecule has 2 aliphatic rings. The van der Waals surface area contributed by atoms with Gasteiger partial charge in [0.1, 0.15) is 5.82 Å². The summed E-state index contributed by atoms with van der Waals surface area (Å²) in [4.78, 5) is 0. The molecule has 0 heterocycles. The molecule has 3 heteroatoms. The third-order valence-corrected chi connectivity index (χ3v) is 5.83. The maximum atomic E-state index is 13.2. The van der Waals surface area contributed by atoms with Gasteiger partial charge in [-0.05, 0) is 55.6 Å². The van der Waals surface area contributed by atoms with Gasteiger partial charge in [0, 0.05) is 17.3 Å². The number of halogens is 1. The van der Waals surface area contributed by atoms with Gasteiger partial charge in [0.05, 0.1) is 0 Å². The van der Waals surface area contributed by atoms with E-state index in [0.717, 1.165) is 5.25 Å². The van der Waals surface area contributed by atoms with Gasteiger partial charge in [0.15, 0.2) is 0 Å². The fourth-order valence-corrected chi connectivity index (χ4v) is 4.43. The summed E-state index contributed by atoms with van der Waals surface area (Å²) in [7, 11) is 0. The van der Waals surface area contributed by atoms with Crippen LogP contribution in [0.25, 0.3) is 0 Å². The van der Waals surface area contributed by atoms with E-state index >= 15 is 0 Å². The van der Waals surface area contributed by atoms with Gasteiger partial charge in [-0.1, -0.05) is 18.6 Å². The van der Waals surface area contributed by atoms with E-state index < -0.39 is 0 Å². The summed E-state index contributed by atoms with van der Waals surface area (Å²) in [5.41, 5.74) is 1.17. The monoisotopic (exact) mass is 279 g/mol. The highest BCUT2D eigenvalue weighted by atomic mass is 32.2. The van der Waals surface area contributed by atoms with Crippen LogP contribution in [0.3, 0.4) is 0 Å². The smallest absolute Gasteiger partial charge is 0.123 e. The topological polar surface area (TPSA) is 12.0 Å². The van der Waals surface area contributed by atoms with Gasteiger partial charge in [-0.3, -0.25) is 0 Å². The van der Waals surface area contributed by atoms with Crippen molar-refractivity contribution in [3.63, 3.8) is 0 Å². The molecule has 0 bridgehead atoms. The minimum Gasteiger partial charge on any atom is -0.310 e. The second kappa shape index (κ2) is 5.84. The highest BCUT2D eigenvalue weighted by Gasteiger charge is 2.35. The first kappa shape index (κ1) is 13.4. The van der Waals surface area contributed by atoms with E-state index in [2.05, 4.69) is 17.6 Å². The lowest BCUT2D eigenvalue weighted by Crippen LogP contribution is -2.47. The normalized spacial score (nSPS) is 34.2. The molecule has 19 heavy (non-hydrogen) atoms. The number of hydrogen-bond acceptors (Lipinski definition) is 2. The Kier molecular flexibility index (Phi) is 4.13. The maximum Gasteiger partial charge on any atom is 0.123 e. The molecule has 0 radical (unpaired) electrons. The summed E-state index contributed by atoms with van der Waals surface area (Å²) in [5.74, 6) is 0.453. The van der Waals surface area contributed by atoms with E-state index in [1.807, 2.05) is 17.8 Å². The Balaban J connectivity index is 1.50. The molecule has 0 aliphatic heterocycles. The minimum atomic E-state index is -0.104. The molecule has 104 valence electrons. The lowest BCUT2D eigenvalue weighted by molar-refractivity contribution is 0.266. The van der Waals surface area contributed by atoms with Crippen LogP contribution in [0, 0.1) is 5.82 Å². The molecule has 1 N–H and O–H groups in total. The van der Waals surface area contributed by atoms with Crippen LogP contribution < -0.4 is 5.32 Å². The lowest BCUT2D eigenvalue weighted by atomic mass is 9.75. The first-order chi connectivity index (χ1) is 9.26. The van der Waals surface area contributed by atoms with Crippen molar-refractivity contribution in [2.45, 2.75) is 55.4 Å². The van der Waals surface area contributed by atoms with Gasteiger partial charge in [0.2, 0.25) is 0 Å². The Bertz CT molecular complexity index is 431. The van der Waals surface area contributed by atoms with Gasteiger partial charge < -0.3 is 5.32 Å². The van der Waals surface area contributed by atoms with Crippen molar-refractivity contribution in [3.8, 4) is 0 Å². The SMILES string of the molecule is CSC1CCCC1NC1CC(c2cccc(F)c2)C1. The van der Waals surface area contributed by atoms with Gasteiger partial charge in [-0.15, -0.1) is 0 Å². The van der Waals surface area contributed by atoms with Gasteiger partial charge in [0.25, 0.3) is 0 Å². The van der Waals surface area contributed by atoms with Crippen LogP contribution in [0.5, 0.6) is 0 Å². The van der Waals surface area contributed by atoms with Crippen LogP contribution in [0.15, 0.2) is 24.3 Å². The quantitative estimate of drug-likeness (QED) is 0.896. The van der Waals surface area contributed by atoms with Crippen molar-refractivity contribution in [2.24, 2.45) is 0 Å². The van der Waals surface area contributed by atoms with Crippen LogP contribution in [0.1, 0.15) is 43.6 Å². The summed E-state index contributed by atoms with van der Waals surface area (Å²) >= 11 is 2.00. The fraction of sp³-hybridized carbons (Fsp3) is 0.625. The van der Waals surface area contributed by atoms with Crippen LogP contribution >= 0.6 is 11.8 Å². The molecule has 2 aliphatic carbocycles. The minimum absolute atomic E-state index is 0.104. The second-order valence-corrected chi connectivity index (χ2v) is 6.98. The molecular weight excluding hydrogens is 257 g/mol. The zero-order valence-electron chi connectivity index (χ0n) is 11.4. The van der Waals surface area contributed by atoms with Gasteiger partial charge in [-0.2, -0.15) is 11.8 Å². The summed E-state index contributed by atoms with van der Waals surface area (Å²) in [6.07, 6.45) is 8.61. The summed E-state index contributed by atoms with van der Waals surface area (Å²) in [6.45, 7) is 0. The number of hydrogen-bond donors (Lipinski definition) is 1. The first-order valence-corrected chi connectivity index (χ1v) is 8.59. The van der Waals surface area contributed by atoms with E-state index in [1.165, 1.54) is 43.7 Å². The molecule has 1 nitrogen and oxygen atoms in total. The Hall–Kier alpha value is -0.540. The molecule has 0 aromatic heterocycles. The molecular formula is C16H22FNS. The molecule has 1 aromatic rings. The third-order valence-electron chi connectivity index (χ3n) is 4.66. The summed E-state index contributed by atoms with van der Waals surface area (Å²) in [5, 5.41) is 4.62. The number of nitrogens with one attached hydrogen (secondary N) is 1. The highest BCUT2D eigenvalue weighted by molar-refractivity contribution is 7.99. The molecule has 0 saturated heterocycles. The lowest BCUT2D eigenvalue weighted by Gasteiger charge is -2.39. The summed E-state index contributed by atoms with van der Waals surface area (Å²) in [6, 6.07) is 8.45. The van der Waals surface area contributed by atoms with E-state index in [-0.39, 0.29) is 5.82 Å². The largest absolute Gasteiger partial charge is 0.310 e. The Morgan fingerprint density at radius 1 is 1.26 bits per heavy atom. The van der Waals surface area contributed by atoms with E-state index in [9.17, 15) is 4.39 Å². The van der Waals surface area contributed by atoms with Crippen molar-refractivity contribution < 1.29 is 4.39 Å². The molecule has 0 amide bonds. The second-order valence-electron chi connectivity index (χ2n) is 5.90. The van der Waals surface area contributed by atoms with Crippen molar-refractivity contribution in [1.82, 2.24) is 5.32 Å². The van der Waals surface area contributed by atoms with Crippen molar-refractivity contribution in [3.05, 3.63) is 35.6 Å². The average Bonchev–Trinajstić information content (AvgIpc) is 2.80. The maximum absolute atomic E-state index is 13.2. The van der Waals surface area contributed by atoms with E-state index in [1.54, 1.807) is 6.07 Å². The fourth-order valence-electron chi connectivity index (χ4n) is 3.49. The van der Waals surface area contributed by atoms with Crippen LogP contribution in [-0.4, -0.2) is 23.6 Å². The zero-order chi connectivity index (χ0) is 13.2. The summed E-state index contributed by atoms with van der Waals surface area (Å²) < 4.78 is 13.2. The van der Waals surface area contributed by atoms with Crippen LogP contribution in [-0.2, 0) is 0 Å². The molecule has 2 unspecified atom stereocenters. The highest BCUT2D eigenvalue weighted by Crippen LogP contribution is 2.39. The first-order valence-electron chi connectivity index (χ1n) is 7.30. The third kappa shape index (κ3) is 2.97. The average molecular weight is 279 g/mol. The number of rotatable bonds is 4. The molecule has 0 spiro atoms. The molecule has 3 rings (SSSR count). The predicted molar refractivity (Wildman–Crippen MR) is 80.2 cm³/mol. The molecule has 2 atom stereocenters. The predicted octanol–water partition coefficient (Wildman–Crippen LogP) is 3.95. The van der Waals surface area contributed by atoms with Crippen molar-refractivity contribution in [2.75, 3.05) is 6.26 Å². The molecule has 1 aromatic carbocycles. The van der Waals surface area contributed by atoms with Gasteiger partial charge >= 0.3 is 0 Å². The molecule has 2 fully saturated rings. The van der Waals surface area contributed by atoms with Crippen LogP contribution in [0.2, 0.25) is 0 Å². The number of benzene rings is 1. The van der Waals surface area contributed by atoms with E-state index in [0.29, 0.717) is 18.0 Å². The Labute approximate surface area is 119 Å². The standard InChI is InChI=1S/C16H22FNS/c1-19-16-7-3-6-15(16)18-14-9-12(10-14)11-4-2-5-13(17)8-11/h2,4-5,8,12,14-16,18H,3,6-7,9-10H2,1H3. The molecule has 2 saturated carbocycles. The van der Waals surface area contributed by atoms with Crippen molar-refractivity contribution >= 4 is 11.8 Å². The van der Waals surface area contributed by atoms with Crippen molar-refractivity contribution in [1.29, 1.82) is 0 Å². The number of thioether (sulfide) groups is 1. The van der Waals surface area contributed by atoms with E-state index in [4.69, 9.17) is 0 Å². The zero-order valence-corrected chi connectivity index (χ0v) is 12.3. The Morgan fingerprint density at radius 2 is 2.11 bits per heavy atom. The Morgan fingerprint density at radius 3 is 2.84 bits per heavy atom. The van der Waals surface area contributed by atoms with Gasteiger partial charge in [-0.25, -0.2) is 4.39 Å².